The Bertz CT molecular complexity index is 485. The molecule has 18 heavy (non-hydrogen) atoms. The summed E-state index contributed by atoms with van der Waals surface area (Å²) in [5.74, 6) is 0.899. The number of ether oxygens (including phenoxy) is 1. The SMILES string of the molecule is COCCC(=O)NCCc1cc2ccccc2o1. The summed E-state index contributed by atoms with van der Waals surface area (Å²) >= 11 is 0. The molecule has 0 unspecified atom stereocenters. The summed E-state index contributed by atoms with van der Waals surface area (Å²) in [5.41, 5.74) is 0.887. The summed E-state index contributed by atoms with van der Waals surface area (Å²) in [6.07, 6.45) is 1.10. The van der Waals surface area contributed by atoms with Gasteiger partial charge in [-0.2, -0.15) is 0 Å². The Labute approximate surface area is 106 Å². The Morgan fingerprint density at radius 2 is 2.22 bits per heavy atom. The maximum Gasteiger partial charge on any atom is 0.222 e. The molecule has 0 spiro atoms. The van der Waals surface area contributed by atoms with E-state index in [0.717, 1.165) is 16.7 Å². The Morgan fingerprint density at radius 3 is 3.00 bits per heavy atom. The van der Waals surface area contributed by atoms with Crippen LogP contribution in [0, 0.1) is 0 Å². The number of methoxy groups -OCH3 is 1. The van der Waals surface area contributed by atoms with E-state index in [9.17, 15) is 4.79 Å². The van der Waals surface area contributed by atoms with E-state index in [1.807, 2.05) is 30.3 Å². The van der Waals surface area contributed by atoms with Crippen LogP contribution in [0.25, 0.3) is 11.0 Å². The van der Waals surface area contributed by atoms with E-state index in [0.29, 0.717) is 26.0 Å². The summed E-state index contributed by atoms with van der Waals surface area (Å²) in [7, 11) is 1.59. The molecule has 2 rings (SSSR count). The number of hydrogen-bond acceptors (Lipinski definition) is 3. The predicted molar refractivity (Wildman–Crippen MR) is 69.4 cm³/mol. The number of carbonyl (C=O) groups is 1. The van der Waals surface area contributed by atoms with Gasteiger partial charge in [-0.05, 0) is 12.1 Å². The van der Waals surface area contributed by atoms with Gasteiger partial charge in [0.15, 0.2) is 0 Å². The minimum absolute atomic E-state index is 0.00737. The third-order valence-corrected chi connectivity index (χ3v) is 2.70. The fraction of sp³-hybridized carbons (Fsp3) is 0.357. The van der Waals surface area contributed by atoms with Crippen LogP contribution in [0.15, 0.2) is 34.7 Å². The van der Waals surface area contributed by atoms with Gasteiger partial charge in [-0.15, -0.1) is 0 Å². The molecule has 0 saturated carbocycles. The minimum Gasteiger partial charge on any atom is -0.461 e. The van der Waals surface area contributed by atoms with Crippen molar-refractivity contribution in [3.05, 3.63) is 36.1 Å². The van der Waals surface area contributed by atoms with Gasteiger partial charge in [0.2, 0.25) is 5.91 Å². The normalized spacial score (nSPS) is 10.7. The molecule has 1 aromatic carbocycles. The molecule has 1 heterocycles. The summed E-state index contributed by atoms with van der Waals surface area (Å²) in [4.78, 5) is 11.3. The van der Waals surface area contributed by atoms with Crippen molar-refractivity contribution in [3.8, 4) is 0 Å². The molecule has 0 fully saturated rings. The second kappa shape index (κ2) is 6.21. The van der Waals surface area contributed by atoms with Crippen molar-refractivity contribution in [2.75, 3.05) is 20.3 Å². The first-order chi connectivity index (χ1) is 8.79. The van der Waals surface area contributed by atoms with Crippen LogP contribution in [0.1, 0.15) is 12.2 Å². The van der Waals surface area contributed by atoms with E-state index in [-0.39, 0.29) is 5.91 Å². The van der Waals surface area contributed by atoms with Crippen LogP contribution in [0.2, 0.25) is 0 Å². The van der Waals surface area contributed by atoms with Crippen molar-refractivity contribution in [2.24, 2.45) is 0 Å². The van der Waals surface area contributed by atoms with E-state index in [4.69, 9.17) is 9.15 Å². The van der Waals surface area contributed by atoms with Gasteiger partial charge >= 0.3 is 0 Å². The number of nitrogens with one attached hydrogen (secondary N) is 1. The molecule has 4 heteroatoms. The van der Waals surface area contributed by atoms with E-state index in [1.165, 1.54) is 0 Å². The van der Waals surface area contributed by atoms with Gasteiger partial charge in [0, 0.05) is 31.9 Å². The highest BCUT2D eigenvalue weighted by molar-refractivity contribution is 5.78. The van der Waals surface area contributed by atoms with Gasteiger partial charge in [-0.1, -0.05) is 18.2 Å². The summed E-state index contributed by atoms with van der Waals surface area (Å²) in [5, 5.41) is 3.93. The Balaban J connectivity index is 1.81. The molecular formula is C14H17NO3. The van der Waals surface area contributed by atoms with Crippen LogP contribution < -0.4 is 5.32 Å². The van der Waals surface area contributed by atoms with Crippen LogP contribution in [0.3, 0.4) is 0 Å². The molecule has 0 atom stereocenters. The smallest absolute Gasteiger partial charge is 0.222 e. The van der Waals surface area contributed by atoms with Crippen molar-refractivity contribution in [1.29, 1.82) is 0 Å². The third-order valence-electron chi connectivity index (χ3n) is 2.70. The molecular weight excluding hydrogens is 230 g/mol. The largest absolute Gasteiger partial charge is 0.461 e. The lowest BCUT2D eigenvalue weighted by molar-refractivity contribution is -0.121. The van der Waals surface area contributed by atoms with Crippen LogP contribution >= 0.6 is 0 Å². The minimum atomic E-state index is 0.00737. The lowest BCUT2D eigenvalue weighted by atomic mass is 10.2. The Morgan fingerprint density at radius 1 is 1.39 bits per heavy atom. The zero-order valence-corrected chi connectivity index (χ0v) is 10.4. The quantitative estimate of drug-likeness (QED) is 0.850. The fourth-order valence-corrected chi connectivity index (χ4v) is 1.77. The van der Waals surface area contributed by atoms with Gasteiger partial charge in [-0.3, -0.25) is 4.79 Å². The van der Waals surface area contributed by atoms with E-state index < -0.39 is 0 Å². The maximum absolute atomic E-state index is 11.3. The highest BCUT2D eigenvalue weighted by Gasteiger charge is 2.04. The van der Waals surface area contributed by atoms with Crippen LogP contribution in [-0.2, 0) is 16.0 Å². The second-order valence-corrected chi connectivity index (χ2v) is 4.09. The zero-order chi connectivity index (χ0) is 12.8. The number of furan rings is 1. The van der Waals surface area contributed by atoms with E-state index in [2.05, 4.69) is 5.32 Å². The molecule has 0 radical (unpaired) electrons. The van der Waals surface area contributed by atoms with E-state index >= 15 is 0 Å². The van der Waals surface area contributed by atoms with Gasteiger partial charge in [0.25, 0.3) is 0 Å². The molecule has 0 aliphatic rings. The number of hydrogen-bond donors (Lipinski definition) is 1. The molecule has 2 aromatic rings. The Kier molecular flexibility index (Phi) is 4.36. The summed E-state index contributed by atoms with van der Waals surface area (Å²) in [6, 6.07) is 9.89. The zero-order valence-electron chi connectivity index (χ0n) is 10.4. The molecule has 4 nitrogen and oxygen atoms in total. The van der Waals surface area contributed by atoms with Crippen molar-refractivity contribution in [2.45, 2.75) is 12.8 Å². The van der Waals surface area contributed by atoms with E-state index in [1.54, 1.807) is 7.11 Å². The second-order valence-electron chi connectivity index (χ2n) is 4.09. The number of amides is 1. The highest BCUT2D eigenvalue weighted by atomic mass is 16.5. The standard InChI is InChI=1S/C14H17NO3/c1-17-9-7-14(16)15-8-6-12-10-11-4-2-3-5-13(11)18-12/h2-5,10H,6-9H2,1H3,(H,15,16). The molecule has 1 N–H and O–H groups in total. The lowest BCUT2D eigenvalue weighted by Gasteiger charge is -2.02. The molecule has 96 valence electrons. The topological polar surface area (TPSA) is 51.5 Å². The third kappa shape index (κ3) is 3.34. The molecule has 1 amide bonds. The first-order valence-electron chi connectivity index (χ1n) is 6.02. The highest BCUT2D eigenvalue weighted by Crippen LogP contribution is 2.18. The summed E-state index contributed by atoms with van der Waals surface area (Å²) in [6.45, 7) is 1.04. The lowest BCUT2D eigenvalue weighted by Crippen LogP contribution is -2.26. The predicted octanol–water partition coefficient (Wildman–Crippen LogP) is 2.13. The number of para-hydroxylation sites is 1. The molecule has 0 bridgehead atoms. The molecule has 0 aliphatic heterocycles. The first-order valence-corrected chi connectivity index (χ1v) is 6.02. The monoisotopic (exact) mass is 247 g/mol. The number of fused-ring (bicyclic) bond motifs is 1. The van der Waals surface area contributed by atoms with Gasteiger partial charge < -0.3 is 14.5 Å². The first kappa shape index (κ1) is 12.6. The van der Waals surface area contributed by atoms with Gasteiger partial charge in [0.05, 0.1) is 6.61 Å². The summed E-state index contributed by atoms with van der Waals surface area (Å²) < 4.78 is 10.5. The van der Waals surface area contributed by atoms with Crippen LogP contribution in [0.5, 0.6) is 0 Å². The van der Waals surface area contributed by atoms with Crippen molar-refractivity contribution >= 4 is 16.9 Å². The molecule has 0 aliphatic carbocycles. The maximum atomic E-state index is 11.3. The van der Waals surface area contributed by atoms with Gasteiger partial charge in [0.1, 0.15) is 11.3 Å². The molecule has 0 saturated heterocycles. The Hall–Kier alpha value is -1.81. The number of benzene rings is 1. The van der Waals surface area contributed by atoms with Crippen LogP contribution in [-0.4, -0.2) is 26.2 Å². The number of rotatable bonds is 6. The average molecular weight is 247 g/mol. The van der Waals surface area contributed by atoms with Gasteiger partial charge in [-0.25, -0.2) is 0 Å². The number of carbonyl (C=O) groups excluding carboxylic acids is 1. The average Bonchev–Trinajstić information content (AvgIpc) is 2.79. The molecule has 1 aromatic heterocycles. The van der Waals surface area contributed by atoms with Crippen molar-refractivity contribution in [1.82, 2.24) is 5.32 Å². The van der Waals surface area contributed by atoms with Crippen LogP contribution in [0.4, 0.5) is 0 Å². The fourth-order valence-electron chi connectivity index (χ4n) is 1.77. The van der Waals surface area contributed by atoms with Crippen molar-refractivity contribution in [3.63, 3.8) is 0 Å². The van der Waals surface area contributed by atoms with Crippen molar-refractivity contribution < 1.29 is 13.9 Å².